The second-order valence-electron chi connectivity index (χ2n) is 4.93. The first-order chi connectivity index (χ1) is 10.0. The van der Waals surface area contributed by atoms with Crippen LogP contribution < -0.4 is 0 Å². The van der Waals surface area contributed by atoms with E-state index in [-0.39, 0.29) is 5.91 Å². The van der Waals surface area contributed by atoms with E-state index in [9.17, 15) is 4.79 Å². The molecule has 0 fully saturated rings. The van der Waals surface area contributed by atoms with Crippen molar-refractivity contribution in [3.63, 3.8) is 0 Å². The molecule has 0 N–H and O–H groups in total. The molecule has 0 unspecified atom stereocenters. The molecule has 0 aliphatic heterocycles. The number of carbonyl (C=O) groups excluding carboxylic acids is 1. The lowest BCUT2D eigenvalue weighted by molar-refractivity contribution is 0.0785. The summed E-state index contributed by atoms with van der Waals surface area (Å²) in [6.07, 6.45) is 1.98. The van der Waals surface area contributed by atoms with Gasteiger partial charge in [0.15, 0.2) is 0 Å². The highest BCUT2D eigenvalue weighted by Gasteiger charge is 2.16. The molecule has 0 aliphatic carbocycles. The van der Waals surface area contributed by atoms with Crippen LogP contribution in [0.25, 0.3) is 0 Å². The van der Waals surface area contributed by atoms with Crippen molar-refractivity contribution in [2.75, 3.05) is 13.3 Å². The van der Waals surface area contributed by atoms with E-state index in [4.69, 9.17) is 11.6 Å². The number of carbonyl (C=O) groups is 1. The third kappa shape index (κ3) is 3.80. The van der Waals surface area contributed by atoms with E-state index in [1.807, 2.05) is 36.6 Å². The van der Waals surface area contributed by atoms with Gasteiger partial charge in [-0.25, -0.2) is 0 Å². The van der Waals surface area contributed by atoms with Crippen molar-refractivity contribution >= 4 is 29.3 Å². The SMILES string of the molecule is CSc1ccc(Cl)c(C(=O)N(C)Cc2ccccc2C)c1. The van der Waals surface area contributed by atoms with Crippen LogP contribution in [0.1, 0.15) is 21.5 Å². The van der Waals surface area contributed by atoms with Gasteiger partial charge in [-0.05, 0) is 42.5 Å². The maximum absolute atomic E-state index is 12.6. The van der Waals surface area contributed by atoms with Gasteiger partial charge in [-0.1, -0.05) is 35.9 Å². The molecule has 0 aromatic heterocycles. The van der Waals surface area contributed by atoms with Crippen molar-refractivity contribution in [1.29, 1.82) is 0 Å². The average molecular weight is 320 g/mol. The van der Waals surface area contributed by atoms with Gasteiger partial charge in [0.05, 0.1) is 10.6 Å². The zero-order chi connectivity index (χ0) is 15.4. The third-order valence-electron chi connectivity index (χ3n) is 3.42. The quantitative estimate of drug-likeness (QED) is 0.765. The van der Waals surface area contributed by atoms with Gasteiger partial charge in [-0.2, -0.15) is 0 Å². The van der Waals surface area contributed by atoms with Crippen LogP contribution >= 0.6 is 23.4 Å². The molecule has 110 valence electrons. The molecule has 2 nitrogen and oxygen atoms in total. The summed E-state index contributed by atoms with van der Waals surface area (Å²) < 4.78 is 0. The highest BCUT2D eigenvalue weighted by molar-refractivity contribution is 7.98. The summed E-state index contributed by atoms with van der Waals surface area (Å²) in [4.78, 5) is 15.3. The molecule has 1 amide bonds. The third-order valence-corrected chi connectivity index (χ3v) is 4.47. The number of halogens is 1. The van der Waals surface area contributed by atoms with E-state index in [0.717, 1.165) is 10.5 Å². The van der Waals surface area contributed by atoms with E-state index < -0.39 is 0 Å². The Labute approximate surface area is 135 Å². The molecular weight excluding hydrogens is 302 g/mol. The predicted molar refractivity (Wildman–Crippen MR) is 90.2 cm³/mol. The van der Waals surface area contributed by atoms with E-state index in [0.29, 0.717) is 17.1 Å². The maximum Gasteiger partial charge on any atom is 0.255 e. The van der Waals surface area contributed by atoms with Crippen molar-refractivity contribution in [3.8, 4) is 0 Å². The summed E-state index contributed by atoms with van der Waals surface area (Å²) >= 11 is 7.77. The smallest absolute Gasteiger partial charge is 0.255 e. The number of amides is 1. The van der Waals surface area contributed by atoms with Crippen LogP contribution in [0.4, 0.5) is 0 Å². The summed E-state index contributed by atoms with van der Waals surface area (Å²) in [5.74, 6) is -0.0563. The van der Waals surface area contributed by atoms with Gasteiger partial charge in [0.1, 0.15) is 0 Å². The molecule has 0 radical (unpaired) electrons. The first kappa shape index (κ1) is 15.9. The Hall–Kier alpha value is -1.45. The van der Waals surface area contributed by atoms with Gasteiger partial charge in [-0.15, -0.1) is 11.8 Å². The van der Waals surface area contributed by atoms with Crippen molar-refractivity contribution in [2.24, 2.45) is 0 Å². The number of nitrogens with zero attached hydrogens (tertiary/aromatic N) is 1. The Kier molecular flexibility index (Phi) is 5.32. The van der Waals surface area contributed by atoms with Crippen molar-refractivity contribution in [3.05, 3.63) is 64.2 Å². The Morgan fingerprint density at radius 2 is 1.95 bits per heavy atom. The monoisotopic (exact) mass is 319 g/mol. The lowest BCUT2D eigenvalue weighted by Crippen LogP contribution is -2.26. The van der Waals surface area contributed by atoms with Gasteiger partial charge >= 0.3 is 0 Å². The topological polar surface area (TPSA) is 20.3 Å². The molecule has 0 heterocycles. The number of thioether (sulfide) groups is 1. The van der Waals surface area contributed by atoms with E-state index >= 15 is 0 Å². The molecule has 2 rings (SSSR count). The van der Waals surface area contributed by atoms with E-state index in [1.165, 1.54) is 5.56 Å². The molecule has 2 aromatic carbocycles. The van der Waals surface area contributed by atoms with Crippen molar-refractivity contribution in [2.45, 2.75) is 18.4 Å². The second kappa shape index (κ2) is 7.01. The molecule has 21 heavy (non-hydrogen) atoms. The molecule has 0 atom stereocenters. The standard InChI is InChI=1S/C17H18ClNOS/c1-12-6-4-5-7-13(12)11-19(2)17(20)15-10-14(21-3)8-9-16(15)18/h4-10H,11H2,1-3H3. The van der Waals surface area contributed by atoms with Crippen LogP contribution in [0.15, 0.2) is 47.4 Å². The minimum absolute atomic E-state index is 0.0563. The highest BCUT2D eigenvalue weighted by Crippen LogP contribution is 2.24. The first-order valence-corrected chi connectivity index (χ1v) is 8.26. The van der Waals surface area contributed by atoms with Crippen molar-refractivity contribution in [1.82, 2.24) is 4.90 Å². The Morgan fingerprint density at radius 1 is 1.24 bits per heavy atom. The van der Waals surface area contributed by atoms with Gasteiger partial charge in [0.25, 0.3) is 5.91 Å². The number of benzene rings is 2. The fourth-order valence-corrected chi connectivity index (χ4v) is 2.75. The molecule has 0 saturated heterocycles. The predicted octanol–water partition coefficient (Wildman–Crippen LogP) is 4.64. The zero-order valence-corrected chi connectivity index (χ0v) is 14.0. The summed E-state index contributed by atoms with van der Waals surface area (Å²) in [6.45, 7) is 2.63. The molecule has 0 aliphatic rings. The van der Waals surface area contributed by atoms with Gasteiger partial charge in [0, 0.05) is 18.5 Å². The number of hydrogen-bond donors (Lipinski definition) is 0. The Bertz CT molecular complexity index is 657. The Balaban J connectivity index is 2.22. The summed E-state index contributed by atoms with van der Waals surface area (Å²) in [5.41, 5.74) is 2.88. The minimum atomic E-state index is -0.0563. The lowest BCUT2D eigenvalue weighted by Gasteiger charge is -2.19. The van der Waals surface area contributed by atoms with Gasteiger partial charge < -0.3 is 4.90 Å². The van der Waals surface area contributed by atoms with Crippen LogP contribution in [0.2, 0.25) is 5.02 Å². The summed E-state index contributed by atoms with van der Waals surface area (Å²) in [5, 5.41) is 0.495. The van der Waals surface area contributed by atoms with E-state index in [2.05, 4.69) is 13.0 Å². The average Bonchev–Trinajstić information content (AvgIpc) is 2.49. The molecule has 4 heteroatoms. The lowest BCUT2D eigenvalue weighted by atomic mass is 10.1. The first-order valence-electron chi connectivity index (χ1n) is 6.66. The Morgan fingerprint density at radius 3 is 2.62 bits per heavy atom. The molecular formula is C17H18ClNOS. The van der Waals surface area contributed by atoms with Crippen LogP contribution in [0.3, 0.4) is 0 Å². The molecule has 0 spiro atoms. The summed E-state index contributed by atoms with van der Waals surface area (Å²) in [7, 11) is 1.80. The number of hydrogen-bond acceptors (Lipinski definition) is 2. The zero-order valence-electron chi connectivity index (χ0n) is 12.4. The minimum Gasteiger partial charge on any atom is -0.337 e. The fraction of sp³-hybridized carbons (Fsp3) is 0.235. The fourth-order valence-electron chi connectivity index (χ4n) is 2.12. The largest absolute Gasteiger partial charge is 0.337 e. The number of aryl methyl sites for hydroxylation is 1. The van der Waals surface area contributed by atoms with E-state index in [1.54, 1.807) is 29.8 Å². The van der Waals surface area contributed by atoms with Crippen LogP contribution in [-0.2, 0) is 6.54 Å². The normalized spacial score (nSPS) is 10.5. The molecule has 0 saturated carbocycles. The van der Waals surface area contributed by atoms with Crippen molar-refractivity contribution < 1.29 is 4.79 Å². The van der Waals surface area contributed by atoms with Crippen LogP contribution in [0, 0.1) is 6.92 Å². The van der Waals surface area contributed by atoms with Crippen LogP contribution in [-0.4, -0.2) is 24.1 Å². The molecule has 0 bridgehead atoms. The molecule has 2 aromatic rings. The number of rotatable bonds is 4. The van der Waals surface area contributed by atoms with Crippen LogP contribution in [0.5, 0.6) is 0 Å². The highest BCUT2D eigenvalue weighted by atomic mass is 35.5. The van der Waals surface area contributed by atoms with Gasteiger partial charge in [-0.3, -0.25) is 4.79 Å². The second-order valence-corrected chi connectivity index (χ2v) is 6.22. The summed E-state index contributed by atoms with van der Waals surface area (Å²) in [6, 6.07) is 13.6. The van der Waals surface area contributed by atoms with Gasteiger partial charge in [0.2, 0.25) is 0 Å². The maximum atomic E-state index is 12.6.